The molecule has 0 spiro atoms. The number of rotatable bonds is 7. The minimum absolute atomic E-state index is 0.669. The van der Waals surface area contributed by atoms with Crippen molar-refractivity contribution >= 4 is 17.4 Å². The zero-order valence-electron chi connectivity index (χ0n) is 12.5. The van der Waals surface area contributed by atoms with Crippen molar-refractivity contribution in [3.05, 3.63) is 48.0 Å². The predicted octanol–water partition coefficient (Wildman–Crippen LogP) is 4.15. The average molecular weight is 303 g/mol. The minimum atomic E-state index is 0.669. The van der Waals surface area contributed by atoms with E-state index in [2.05, 4.69) is 6.07 Å². The average Bonchev–Trinajstić information content (AvgIpc) is 2.49. The lowest BCUT2D eigenvalue weighted by molar-refractivity contribution is 0.332. The molecule has 112 valence electrons. The van der Waals surface area contributed by atoms with Crippen LogP contribution in [0.4, 0.5) is 5.69 Å². The van der Waals surface area contributed by atoms with E-state index in [1.807, 2.05) is 50.2 Å². The van der Waals surface area contributed by atoms with Gasteiger partial charge in [-0.25, -0.2) is 0 Å². The molecule has 2 aromatic rings. The van der Waals surface area contributed by atoms with Crippen LogP contribution in [0.5, 0.6) is 11.5 Å². The molecule has 0 bridgehead atoms. The smallest absolute Gasteiger partial charge is 0.119 e. The van der Waals surface area contributed by atoms with Gasteiger partial charge in [-0.3, -0.25) is 0 Å². The molecule has 2 N–H and O–H groups in total. The third-order valence-corrected chi connectivity index (χ3v) is 3.95. The Labute approximate surface area is 130 Å². The Hall–Kier alpha value is -1.81. The van der Waals surface area contributed by atoms with E-state index in [-0.39, 0.29) is 0 Å². The van der Waals surface area contributed by atoms with Gasteiger partial charge in [0, 0.05) is 16.3 Å². The highest BCUT2D eigenvalue weighted by molar-refractivity contribution is 7.99. The van der Waals surface area contributed by atoms with Crippen molar-refractivity contribution in [3.63, 3.8) is 0 Å². The van der Waals surface area contributed by atoms with Gasteiger partial charge in [-0.15, -0.1) is 11.8 Å². The third kappa shape index (κ3) is 4.90. The number of nitrogen functional groups attached to an aromatic ring is 1. The standard InChI is InChI=1S/C17H21NO2S/c1-3-19-14-4-6-15(7-5-14)20-10-11-21-16-8-9-17(18)13(2)12-16/h4-9,12H,3,10-11,18H2,1-2H3. The number of ether oxygens (including phenoxy) is 2. The molecular weight excluding hydrogens is 282 g/mol. The molecule has 0 aromatic heterocycles. The second-order valence-electron chi connectivity index (χ2n) is 4.62. The molecule has 0 aliphatic carbocycles. The maximum atomic E-state index is 5.81. The van der Waals surface area contributed by atoms with Gasteiger partial charge in [0.2, 0.25) is 0 Å². The van der Waals surface area contributed by atoms with Crippen LogP contribution in [-0.4, -0.2) is 19.0 Å². The van der Waals surface area contributed by atoms with Crippen LogP contribution in [0, 0.1) is 6.92 Å². The van der Waals surface area contributed by atoms with E-state index in [0.29, 0.717) is 13.2 Å². The normalized spacial score (nSPS) is 10.4. The lowest BCUT2D eigenvalue weighted by Crippen LogP contribution is -2.00. The van der Waals surface area contributed by atoms with Crippen LogP contribution < -0.4 is 15.2 Å². The van der Waals surface area contributed by atoms with Gasteiger partial charge in [0.05, 0.1) is 13.2 Å². The number of benzene rings is 2. The second-order valence-corrected chi connectivity index (χ2v) is 5.79. The molecule has 0 unspecified atom stereocenters. The van der Waals surface area contributed by atoms with E-state index >= 15 is 0 Å². The summed E-state index contributed by atoms with van der Waals surface area (Å²) in [5.74, 6) is 2.64. The first-order valence-electron chi connectivity index (χ1n) is 7.03. The highest BCUT2D eigenvalue weighted by Crippen LogP contribution is 2.23. The summed E-state index contributed by atoms with van der Waals surface area (Å²) in [5, 5.41) is 0. The second kappa shape index (κ2) is 7.84. The zero-order chi connectivity index (χ0) is 15.1. The van der Waals surface area contributed by atoms with Gasteiger partial charge in [0.1, 0.15) is 11.5 Å². The monoisotopic (exact) mass is 303 g/mol. The molecule has 4 heteroatoms. The van der Waals surface area contributed by atoms with Crippen LogP contribution in [0.15, 0.2) is 47.4 Å². The van der Waals surface area contributed by atoms with E-state index in [1.165, 1.54) is 4.90 Å². The number of aryl methyl sites for hydroxylation is 1. The summed E-state index contributed by atoms with van der Waals surface area (Å²) in [7, 11) is 0. The van der Waals surface area contributed by atoms with Crippen molar-refractivity contribution in [3.8, 4) is 11.5 Å². The van der Waals surface area contributed by atoms with Crippen molar-refractivity contribution in [2.24, 2.45) is 0 Å². The zero-order valence-corrected chi connectivity index (χ0v) is 13.3. The summed E-state index contributed by atoms with van der Waals surface area (Å²) < 4.78 is 11.1. The van der Waals surface area contributed by atoms with Crippen molar-refractivity contribution in [1.82, 2.24) is 0 Å². The molecule has 0 heterocycles. The maximum Gasteiger partial charge on any atom is 0.119 e. The van der Waals surface area contributed by atoms with E-state index in [1.54, 1.807) is 11.8 Å². The van der Waals surface area contributed by atoms with Crippen molar-refractivity contribution in [1.29, 1.82) is 0 Å². The Morgan fingerprint density at radius 2 is 1.67 bits per heavy atom. The van der Waals surface area contributed by atoms with E-state index in [0.717, 1.165) is 28.5 Å². The number of hydrogen-bond acceptors (Lipinski definition) is 4. The number of thioether (sulfide) groups is 1. The van der Waals surface area contributed by atoms with Gasteiger partial charge in [-0.2, -0.15) is 0 Å². The molecule has 0 aliphatic rings. The highest BCUT2D eigenvalue weighted by atomic mass is 32.2. The predicted molar refractivity (Wildman–Crippen MR) is 89.4 cm³/mol. The van der Waals surface area contributed by atoms with Gasteiger partial charge in [-0.1, -0.05) is 0 Å². The molecule has 0 saturated heterocycles. The quantitative estimate of drug-likeness (QED) is 0.474. The Balaban J connectivity index is 1.75. The lowest BCUT2D eigenvalue weighted by atomic mass is 10.2. The largest absolute Gasteiger partial charge is 0.494 e. The molecule has 0 saturated carbocycles. The molecular formula is C17H21NO2S. The van der Waals surface area contributed by atoms with Crippen LogP contribution in [0.25, 0.3) is 0 Å². The van der Waals surface area contributed by atoms with Crippen molar-refractivity contribution in [2.45, 2.75) is 18.7 Å². The van der Waals surface area contributed by atoms with E-state index < -0.39 is 0 Å². The molecule has 3 nitrogen and oxygen atoms in total. The van der Waals surface area contributed by atoms with Gasteiger partial charge in [0.15, 0.2) is 0 Å². The van der Waals surface area contributed by atoms with Crippen molar-refractivity contribution < 1.29 is 9.47 Å². The van der Waals surface area contributed by atoms with Crippen LogP contribution in [0.3, 0.4) is 0 Å². The fourth-order valence-electron chi connectivity index (χ4n) is 1.86. The first kappa shape index (κ1) is 15.6. The molecule has 2 rings (SSSR count). The van der Waals surface area contributed by atoms with Crippen molar-refractivity contribution in [2.75, 3.05) is 24.7 Å². The van der Waals surface area contributed by atoms with Crippen LogP contribution in [-0.2, 0) is 0 Å². The molecule has 0 aliphatic heterocycles. The fraction of sp³-hybridized carbons (Fsp3) is 0.294. The Morgan fingerprint density at radius 1 is 1.00 bits per heavy atom. The Morgan fingerprint density at radius 3 is 2.29 bits per heavy atom. The van der Waals surface area contributed by atoms with Gasteiger partial charge in [-0.05, 0) is 61.9 Å². The third-order valence-electron chi connectivity index (χ3n) is 3.00. The van der Waals surface area contributed by atoms with Gasteiger partial charge >= 0.3 is 0 Å². The molecule has 0 fully saturated rings. The lowest BCUT2D eigenvalue weighted by Gasteiger charge is -2.08. The minimum Gasteiger partial charge on any atom is -0.494 e. The summed E-state index contributed by atoms with van der Waals surface area (Å²) in [6.45, 7) is 5.34. The topological polar surface area (TPSA) is 44.5 Å². The summed E-state index contributed by atoms with van der Waals surface area (Å²) in [6, 6.07) is 13.8. The van der Waals surface area contributed by atoms with Crippen LogP contribution >= 0.6 is 11.8 Å². The van der Waals surface area contributed by atoms with Gasteiger partial charge in [0.25, 0.3) is 0 Å². The van der Waals surface area contributed by atoms with Crippen LogP contribution in [0.2, 0.25) is 0 Å². The SMILES string of the molecule is CCOc1ccc(OCCSc2ccc(N)c(C)c2)cc1. The molecule has 0 amide bonds. The van der Waals surface area contributed by atoms with Crippen LogP contribution in [0.1, 0.15) is 12.5 Å². The summed E-state index contributed by atoms with van der Waals surface area (Å²) >= 11 is 1.77. The summed E-state index contributed by atoms with van der Waals surface area (Å²) in [5.41, 5.74) is 7.76. The summed E-state index contributed by atoms with van der Waals surface area (Å²) in [4.78, 5) is 1.22. The first-order chi connectivity index (χ1) is 10.2. The molecule has 0 atom stereocenters. The molecule has 21 heavy (non-hydrogen) atoms. The first-order valence-corrected chi connectivity index (χ1v) is 8.02. The van der Waals surface area contributed by atoms with E-state index in [9.17, 15) is 0 Å². The number of nitrogens with two attached hydrogens (primary N) is 1. The van der Waals surface area contributed by atoms with E-state index in [4.69, 9.17) is 15.2 Å². The fourth-order valence-corrected chi connectivity index (χ4v) is 2.68. The number of hydrogen-bond donors (Lipinski definition) is 1. The highest BCUT2D eigenvalue weighted by Gasteiger charge is 1.99. The van der Waals surface area contributed by atoms with Gasteiger partial charge < -0.3 is 15.2 Å². The summed E-state index contributed by atoms with van der Waals surface area (Å²) in [6.07, 6.45) is 0. The molecule has 2 aromatic carbocycles. The number of anilines is 1. The Bertz CT molecular complexity index is 570. The maximum absolute atomic E-state index is 5.81. The Kier molecular flexibility index (Phi) is 5.81. The molecule has 0 radical (unpaired) electrons.